The fraction of sp³-hybridized carbons (Fsp3) is 0. The van der Waals surface area contributed by atoms with Crippen molar-refractivity contribution in [1.82, 2.24) is 0 Å². The Morgan fingerprint density at radius 2 is 1.26 bits per heavy atom. The highest BCUT2D eigenvalue weighted by molar-refractivity contribution is 6.06. The molecule has 4 aromatic carbocycles. The van der Waals surface area contributed by atoms with Crippen molar-refractivity contribution in [2.45, 2.75) is 0 Å². The number of ketones is 1. The molecule has 31 heavy (non-hydrogen) atoms. The summed E-state index contributed by atoms with van der Waals surface area (Å²) in [6.07, 6.45) is 3.39. The van der Waals surface area contributed by atoms with Crippen molar-refractivity contribution >= 4 is 11.9 Å². The Labute approximate surface area is 180 Å². The van der Waals surface area contributed by atoms with Crippen LogP contribution in [-0.2, 0) is 0 Å². The first-order valence-electron chi connectivity index (χ1n) is 9.76. The lowest BCUT2D eigenvalue weighted by Crippen LogP contribution is -1.92. The summed E-state index contributed by atoms with van der Waals surface area (Å²) >= 11 is 0. The van der Waals surface area contributed by atoms with E-state index in [0.29, 0.717) is 17.1 Å². The molecule has 0 spiro atoms. The molecule has 0 aromatic heterocycles. The van der Waals surface area contributed by atoms with Gasteiger partial charge in [0.15, 0.2) is 5.78 Å². The number of aromatic hydroxyl groups is 2. The van der Waals surface area contributed by atoms with Gasteiger partial charge in [-0.25, -0.2) is 0 Å². The summed E-state index contributed by atoms with van der Waals surface area (Å²) in [4.78, 5) is 12.2. The molecule has 4 rings (SSSR count). The van der Waals surface area contributed by atoms with Gasteiger partial charge in [-0.05, 0) is 34.9 Å². The molecule has 0 atom stereocenters. The van der Waals surface area contributed by atoms with E-state index >= 15 is 0 Å². The smallest absolute Gasteiger partial charge is 0.185 e. The van der Waals surface area contributed by atoms with Crippen molar-refractivity contribution in [3.05, 3.63) is 114 Å². The summed E-state index contributed by atoms with van der Waals surface area (Å²) in [5.74, 6) is 0.789. The van der Waals surface area contributed by atoms with E-state index in [1.165, 1.54) is 18.2 Å². The molecule has 0 fully saturated rings. The van der Waals surface area contributed by atoms with Crippen LogP contribution in [0, 0.1) is 0 Å². The predicted molar refractivity (Wildman–Crippen MR) is 122 cm³/mol. The van der Waals surface area contributed by atoms with Crippen LogP contribution in [0.25, 0.3) is 17.2 Å². The van der Waals surface area contributed by atoms with E-state index < -0.39 is 0 Å². The van der Waals surface area contributed by atoms with E-state index in [1.807, 2.05) is 66.7 Å². The maximum Gasteiger partial charge on any atom is 0.185 e. The van der Waals surface area contributed by atoms with Crippen LogP contribution in [0.4, 0.5) is 0 Å². The van der Waals surface area contributed by atoms with Crippen LogP contribution < -0.4 is 4.74 Å². The zero-order valence-electron chi connectivity index (χ0n) is 16.6. The van der Waals surface area contributed by atoms with E-state index in [-0.39, 0.29) is 17.3 Å². The predicted octanol–water partition coefficient (Wildman–Crippen LogP) is 6.45. The van der Waals surface area contributed by atoms with E-state index in [9.17, 15) is 15.0 Å². The number of ether oxygens (including phenoxy) is 1. The number of benzene rings is 4. The molecule has 4 aromatic rings. The Kier molecular flexibility index (Phi) is 5.81. The highest BCUT2D eigenvalue weighted by Crippen LogP contribution is 2.31. The van der Waals surface area contributed by atoms with Gasteiger partial charge in [-0.2, -0.15) is 0 Å². The SMILES string of the molecule is O=C(C=Cc1ccc(-c2ccc(Oc3cc(O)cc(O)c3)cc2)cc1)c1ccccc1. The van der Waals surface area contributed by atoms with Crippen LogP contribution >= 0.6 is 0 Å². The molecule has 4 heteroatoms. The van der Waals surface area contributed by atoms with Crippen molar-refractivity contribution in [3.8, 4) is 34.1 Å². The van der Waals surface area contributed by atoms with Gasteiger partial charge in [0.25, 0.3) is 0 Å². The van der Waals surface area contributed by atoms with Gasteiger partial charge in [-0.3, -0.25) is 4.79 Å². The minimum atomic E-state index is -0.0637. The molecule has 0 saturated heterocycles. The van der Waals surface area contributed by atoms with Crippen molar-refractivity contribution < 1.29 is 19.7 Å². The minimum Gasteiger partial charge on any atom is -0.508 e. The average Bonchev–Trinajstić information content (AvgIpc) is 2.78. The number of rotatable bonds is 6. The van der Waals surface area contributed by atoms with E-state index in [2.05, 4.69) is 0 Å². The van der Waals surface area contributed by atoms with Crippen molar-refractivity contribution in [1.29, 1.82) is 0 Å². The molecular formula is C27H20O4. The lowest BCUT2D eigenvalue weighted by atomic mass is 10.0. The summed E-state index contributed by atoms with van der Waals surface area (Å²) in [5, 5.41) is 19.1. The molecule has 2 N–H and O–H groups in total. The number of carbonyl (C=O) groups excluding carboxylic acids is 1. The Balaban J connectivity index is 1.43. The first kappa shape index (κ1) is 20.0. The van der Waals surface area contributed by atoms with Gasteiger partial charge < -0.3 is 14.9 Å². The fourth-order valence-corrected chi connectivity index (χ4v) is 3.14. The summed E-state index contributed by atoms with van der Waals surface area (Å²) < 4.78 is 5.68. The molecule has 0 heterocycles. The Morgan fingerprint density at radius 1 is 0.677 bits per heavy atom. The van der Waals surface area contributed by atoms with Crippen molar-refractivity contribution in [3.63, 3.8) is 0 Å². The molecular weight excluding hydrogens is 388 g/mol. The lowest BCUT2D eigenvalue weighted by Gasteiger charge is -2.08. The van der Waals surface area contributed by atoms with Crippen molar-refractivity contribution in [2.24, 2.45) is 0 Å². The van der Waals surface area contributed by atoms with E-state index in [0.717, 1.165) is 16.7 Å². The molecule has 152 valence electrons. The zero-order valence-corrected chi connectivity index (χ0v) is 16.6. The number of phenols is 2. The third-order valence-corrected chi connectivity index (χ3v) is 4.70. The molecule has 0 unspecified atom stereocenters. The van der Waals surface area contributed by atoms with Gasteiger partial charge in [-0.1, -0.05) is 72.8 Å². The Bertz CT molecular complexity index is 1190. The number of carbonyl (C=O) groups is 1. The summed E-state index contributed by atoms with van der Waals surface area (Å²) in [5.41, 5.74) is 3.66. The summed E-state index contributed by atoms with van der Waals surface area (Å²) in [6.45, 7) is 0. The largest absolute Gasteiger partial charge is 0.508 e. The maximum atomic E-state index is 12.2. The monoisotopic (exact) mass is 408 g/mol. The Morgan fingerprint density at radius 3 is 1.87 bits per heavy atom. The second-order valence-corrected chi connectivity index (χ2v) is 7.00. The maximum absolute atomic E-state index is 12.2. The first-order chi connectivity index (χ1) is 15.1. The zero-order chi connectivity index (χ0) is 21.6. The van der Waals surface area contributed by atoms with Gasteiger partial charge in [0.1, 0.15) is 23.0 Å². The van der Waals surface area contributed by atoms with Gasteiger partial charge >= 0.3 is 0 Å². The third kappa shape index (κ3) is 5.19. The summed E-state index contributed by atoms with van der Waals surface area (Å²) in [7, 11) is 0. The highest BCUT2D eigenvalue weighted by atomic mass is 16.5. The average molecular weight is 408 g/mol. The van der Waals surface area contributed by atoms with Crippen LogP contribution in [0.15, 0.2) is 103 Å². The van der Waals surface area contributed by atoms with Crippen LogP contribution in [0.2, 0.25) is 0 Å². The Hall–Kier alpha value is -4.31. The second-order valence-electron chi connectivity index (χ2n) is 7.00. The number of phenolic OH excluding ortho intramolecular Hbond substituents is 2. The highest BCUT2D eigenvalue weighted by Gasteiger charge is 2.04. The first-order valence-corrected chi connectivity index (χ1v) is 9.76. The minimum absolute atomic E-state index is 0.0275. The van der Waals surface area contributed by atoms with E-state index in [4.69, 9.17) is 4.74 Å². The molecule has 0 bridgehead atoms. The quantitative estimate of drug-likeness (QED) is 0.284. The normalized spacial score (nSPS) is 10.8. The van der Waals surface area contributed by atoms with Gasteiger partial charge in [0, 0.05) is 23.8 Å². The molecule has 0 saturated carbocycles. The standard InChI is InChI=1S/C27H20O4/c28-23-16-24(29)18-26(17-23)31-25-13-11-21(12-14-25)20-9-6-19(7-10-20)8-15-27(30)22-4-2-1-3-5-22/h1-18,28-29H. The molecule has 0 amide bonds. The lowest BCUT2D eigenvalue weighted by molar-refractivity contribution is 0.104. The molecule has 0 aliphatic carbocycles. The van der Waals surface area contributed by atoms with Crippen molar-refractivity contribution in [2.75, 3.05) is 0 Å². The van der Waals surface area contributed by atoms with Gasteiger partial charge in [-0.15, -0.1) is 0 Å². The molecule has 0 radical (unpaired) electrons. The fourth-order valence-electron chi connectivity index (χ4n) is 3.14. The second kappa shape index (κ2) is 9.01. The molecule has 4 nitrogen and oxygen atoms in total. The van der Waals surface area contributed by atoms with Crippen LogP contribution in [0.1, 0.15) is 15.9 Å². The topological polar surface area (TPSA) is 66.8 Å². The van der Waals surface area contributed by atoms with E-state index in [1.54, 1.807) is 24.3 Å². The number of allylic oxidation sites excluding steroid dienone is 1. The molecule has 0 aliphatic rings. The van der Waals surface area contributed by atoms with Crippen LogP contribution in [0.3, 0.4) is 0 Å². The number of hydrogen-bond acceptors (Lipinski definition) is 4. The van der Waals surface area contributed by atoms with Gasteiger partial charge in [0.05, 0.1) is 0 Å². The van der Waals surface area contributed by atoms with Crippen LogP contribution in [-0.4, -0.2) is 16.0 Å². The van der Waals surface area contributed by atoms with Gasteiger partial charge in [0.2, 0.25) is 0 Å². The number of hydrogen-bond donors (Lipinski definition) is 2. The summed E-state index contributed by atoms with van der Waals surface area (Å²) in [6, 6.07) is 28.7. The molecule has 0 aliphatic heterocycles. The van der Waals surface area contributed by atoms with Crippen LogP contribution in [0.5, 0.6) is 23.0 Å². The third-order valence-electron chi connectivity index (χ3n) is 4.70.